The number of rotatable bonds is 13. The fraction of sp³-hybridized carbons (Fsp3) is 0.400. The number of hydrogen-bond donors (Lipinski definition) is 4. The number of urea groups is 1. The van der Waals surface area contributed by atoms with Crippen molar-refractivity contribution in [1.82, 2.24) is 25.5 Å². The number of nitrogens with zero attached hydrogens (tertiary/aromatic N) is 3. The molecular formula is C40H50N6O3. The van der Waals surface area contributed by atoms with E-state index in [1.807, 2.05) is 120 Å². The van der Waals surface area contributed by atoms with Crippen molar-refractivity contribution in [2.45, 2.75) is 84.7 Å². The van der Waals surface area contributed by atoms with Gasteiger partial charge in [-0.25, -0.2) is 4.79 Å². The first-order valence-electron chi connectivity index (χ1n) is 17.1. The highest BCUT2D eigenvalue weighted by Crippen LogP contribution is 2.34. The molecule has 258 valence electrons. The minimum Gasteiger partial charge on any atom is -0.391 e. The number of carbonyl (C=O) groups excluding carboxylic acids is 2. The number of amides is 3. The van der Waals surface area contributed by atoms with Crippen LogP contribution in [0.4, 0.5) is 4.79 Å². The number of nitrogens with two attached hydrogens (primary N) is 1. The van der Waals surface area contributed by atoms with E-state index in [9.17, 15) is 14.7 Å². The van der Waals surface area contributed by atoms with Gasteiger partial charge in [-0.05, 0) is 73.4 Å². The molecule has 9 nitrogen and oxygen atoms in total. The molecule has 3 amide bonds. The quantitative estimate of drug-likeness (QED) is 0.152. The van der Waals surface area contributed by atoms with Crippen molar-refractivity contribution in [2.75, 3.05) is 6.54 Å². The second kappa shape index (κ2) is 15.7. The highest BCUT2D eigenvalue weighted by atomic mass is 16.3. The summed E-state index contributed by atoms with van der Waals surface area (Å²) in [5, 5.41) is 17.7. The molecule has 5 N–H and O–H groups in total. The van der Waals surface area contributed by atoms with Gasteiger partial charge >= 0.3 is 6.03 Å². The molecule has 0 aliphatic carbocycles. The van der Waals surface area contributed by atoms with E-state index in [0.29, 0.717) is 25.9 Å². The third-order valence-corrected chi connectivity index (χ3v) is 9.36. The van der Waals surface area contributed by atoms with E-state index in [2.05, 4.69) is 26.7 Å². The van der Waals surface area contributed by atoms with Gasteiger partial charge in [0, 0.05) is 41.8 Å². The lowest BCUT2D eigenvalue weighted by molar-refractivity contribution is -0.131. The summed E-state index contributed by atoms with van der Waals surface area (Å²) in [5.41, 5.74) is 12.9. The highest BCUT2D eigenvalue weighted by molar-refractivity contribution is 5.84. The SMILES string of the molecule is Cc1ccc(-c2ccc(C[C@H](N)[C@@H](O)C[C@H](Cc3ccccc3)NC(=O)[C@H](C3CNC(=O)N3Cc3cccc(C)n3)C(C)(C)C)cc2)cn1. The lowest BCUT2D eigenvalue weighted by Crippen LogP contribution is -2.54. The van der Waals surface area contributed by atoms with Gasteiger partial charge in [0.05, 0.1) is 30.3 Å². The van der Waals surface area contributed by atoms with E-state index >= 15 is 0 Å². The highest BCUT2D eigenvalue weighted by Gasteiger charge is 2.46. The first kappa shape index (κ1) is 35.7. The third-order valence-electron chi connectivity index (χ3n) is 9.36. The van der Waals surface area contributed by atoms with E-state index in [0.717, 1.165) is 39.3 Å². The number of aliphatic hydroxyl groups excluding tert-OH is 1. The Hall–Kier alpha value is -4.60. The van der Waals surface area contributed by atoms with Crippen LogP contribution in [-0.4, -0.2) is 62.7 Å². The van der Waals surface area contributed by atoms with Gasteiger partial charge in [-0.1, -0.05) is 87.5 Å². The Balaban J connectivity index is 1.30. The van der Waals surface area contributed by atoms with Crippen LogP contribution in [-0.2, 0) is 24.2 Å². The Morgan fingerprint density at radius 1 is 0.939 bits per heavy atom. The zero-order valence-electron chi connectivity index (χ0n) is 29.3. The van der Waals surface area contributed by atoms with Crippen LogP contribution in [0.3, 0.4) is 0 Å². The average Bonchev–Trinajstić information content (AvgIpc) is 3.40. The minimum atomic E-state index is -0.860. The van der Waals surface area contributed by atoms with Gasteiger partial charge in [-0.3, -0.25) is 14.8 Å². The number of aliphatic hydroxyl groups is 1. The van der Waals surface area contributed by atoms with Crippen LogP contribution in [0.25, 0.3) is 11.1 Å². The Kier molecular flexibility index (Phi) is 11.5. The molecule has 0 radical (unpaired) electrons. The first-order chi connectivity index (χ1) is 23.4. The standard InChI is InChI=1S/C40H50N6O3/c1-26-14-17-31(23-42-26)30-18-15-29(16-19-30)21-34(41)36(47)22-33(20-28-11-7-6-8-12-28)45-38(48)37(40(3,4)5)35-24-43-39(49)46(35)25-32-13-9-10-27(2)44-32/h6-19,23,33-37,47H,20-22,24-25,41H2,1-5H3,(H,43,49)(H,45,48)/t33-,34-,35?,36-,37-/m0/s1. The second-order valence-electron chi connectivity index (χ2n) is 14.4. The van der Waals surface area contributed by atoms with Crippen LogP contribution in [0.1, 0.15) is 55.4 Å². The lowest BCUT2D eigenvalue weighted by Gasteiger charge is -2.38. The number of benzene rings is 2. The molecule has 1 fully saturated rings. The van der Waals surface area contributed by atoms with Crippen molar-refractivity contribution < 1.29 is 14.7 Å². The molecule has 3 heterocycles. The maximum atomic E-state index is 14.3. The number of carbonyl (C=O) groups is 2. The van der Waals surface area contributed by atoms with Gasteiger partial charge in [-0.15, -0.1) is 0 Å². The van der Waals surface area contributed by atoms with Gasteiger partial charge in [0.1, 0.15) is 0 Å². The zero-order valence-corrected chi connectivity index (χ0v) is 29.3. The fourth-order valence-corrected chi connectivity index (χ4v) is 6.78. The summed E-state index contributed by atoms with van der Waals surface area (Å²) in [6.07, 6.45) is 2.31. The molecule has 0 bridgehead atoms. The summed E-state index contributed by atoms with van der Waals surface area (Å²) in [6, 6.07) is 26.4. The van der Waals surface area contributed by atoms with E-state index in [1.54, 1.807) is 4.90 Å². The van der Waals surface area contributed by atoms with E-state index in [4.69, 9.17) is 5.73 Å². The van der Waals surface area contributed by atoms with Crippen molar-refractivity contribution in [3.05, 3.63) is 119 Å². The summed E-state index contributed by atoms with van der Waals surface area (Å²) >= 11 is 0. The van der Waals surface area contributed by atoms with Crippen molar-refractivity contribution in [3.8, 4) is 11.1 Å². The Morgan fingerprint density at radius 2 is 1.63 bits per heavy atom. The summed E-state index contributed by atoms with van der Waals surface area (Å²) in [4.78, 5) is 38.1. The molecule has 1 unspecified atom stereocenters. The molecule has 0 spiro atoms. The molecular weight excluding hydrogens is 612 g/mol. The smallest absolute Gasteiger partial charge is 0.318 e. The number of nitrogens with one attached hydrogen (secondary N) is 2. The maximum absolute atomic E-state index is 14.3. The summed E-state index contributed by atoms with van der Waals surface area (Å²) in [6.45, 7) is 10.6. The van der Waals surface area contributed by atoms with Gasteiger partial charge < -0.3 is 26.4 Å². The predicted octanol–water partition coefficient (Wildman–Crippen LogP) is 5.37. The number of hydrogen-bond acceptors (Lipinski definition) is 6. The predicted molar refractivity (Wildman–Crippen MR) is 193 cm³/mol. The Labute approximate surface area is 290 Å². The molecule has 9 heteroatoms. The molecule has 5 rings (SSSR count). The number of pyridine rings is 2. The molecule has 5 atom stereocenters. The number of aromatic nitrogens is 2. The fourth-order valence-electron chi connectivity index (χ4n) is 6.78. The van der Waals surface area contributed by atoms with Gasteiger partial charge in [0.15, 0.2) is 0 Å². The van der Waals surface area contributed by atoms with E-state index in [-0.39, 0.29) is 30.4 Å². The number of aryl methyl sites for hydroxylation is 2. The van der Waals surface area contributed by atoms with Crippen LogP contribution in [0.5, 0.6) is 0 Å². The second-order valence-corrected chi connectivity index (χ2v) is 14.4. The largest absolute Gasteiger partial charge is 0.391 e. The summed E-state index contributed by atoms with van der Waals surface area (Å²) in [7, 11) is 0. The van der Waals surface area contributed by atoms with Gasteiger partial charge in [0.25, 0.3) is 0 Å². The van der Waals surface area contributed by atoms with Crippen LogP contribution in [0, 0.1) is 25.2 Å². The first-order valence-corrected chi connectivity index (χ1v) is 17.1. The van der Waals surface area contributed by atoms with Crippen molar-refractivity contribution in [2.24, 2.45) is 17.1 Å². The normalized spacial score (nSPS) is 17.2. The van der Waals surface area contributed by atoms with Crippen LogP contribution >= 0.6 is 0 Å². The summed E-state index contributed by atoms with van der Waals surface area (Å²) < 4.78 is 0. The Morgan fingerprint density at radius 3 is 2.29 bits per heavy atom. The monoisotopic (exact) mass is 662 g/mol. The lowest BCUT2D eigenvalue weighted by atomic mass is 9.75. The van der Waals surface area contributed by atoms with Crippen molar-refractivity contribution in [3.63, 3.8) is 0 Å². The van der Waals surface area contributed by atoms with Crippen molar-refractivity contribution in [1.29, 1.82) is 0 Å². The molecule has 49 heavy (non-hydrogen) atoms. The molecule has 2 aromatic carbocycles. The van der Waals surface area contributed by atoms with Crippen molar-refractivity contribution >= 4 is 11.9 Å². The van der Waals surface area contributed by atoms with Crippen LogP contribution in [0.15, 0.2) is 91.1 Å². The van der Waals surface area contributed by atoms with Crippen LogP contribution < -0.4 is 16.4 Å². The molecule has 1 aliphatic rings. The average molecular weight is 663 g/mol. The third kappa shape index (κ3) is 9.52. The molecule has 1 saturated heterocycles. The van der Waals surface area contributed by atoms with E-state index < -0.39 is 23.5 Å². The summed E-state index contributed by atoms with van der Waals surface area (Å²) in [5.74, 6) is -0.679. The topological polar surface area (TPSA) is 133 Å². The minimum absolute atomic E-state index is 0.154. The molecule has 4 aromatic rings. The van der Waals surface area contributed by atoms with Gasteiger partial charge in [-0.2, -0.15) is 0 Å². The maximum Gasteiger partial charge on any atom is 0.318 e. The molecule has 1 aliphatic heterocycles. The molecule has 2 aromatic heterocycles. The van der Waals surface area contributed by atoms with E-state index in [1.165, 1.54) is 0 Å². The van der Waals surface area contributed by atoms with Crippen LogP contribution in [0.2, 0.25) is 0 Å². The Bertz CT molecular complexity index is 1690. The molecule has 0 saturated carbocycles. The zero-order chi connectivity index (χ0) is 35.1. The van der Waals surface area contributed by atoms with Gasteiger partial charge in [0.2, 0.25) is 5.91 Å².